The van der Waals surface area contributed by atoms with Gasteiger partial charge in [-0.3, -0.25) is 4.79 Å². The van der Waals surface area contributed by atoms with E-state index in [1.54, 1.807) is 41.3 Å². The summed E-state index contributed by atoms with van der Waals surface area (Å²) in [7, 11) is -3.41. The molecule has 2 aliphatic heterocycles. The van der Waals surface area contributed by atoms with Gasteiger partial charge in [-0.05, 0) is 54.1 Å². The summed E-state index contributed by atoms with van der Waals surface area (Å²) >= 11 is 0. The summed E-state index contributed by atoms with van der Waals surface area (Å²) in [6.45, 7) is -1.53. The van der Waals surface area contributed by atoms with Crippen LogP contribution >= 0.6 is 0 Å². The molecule has 0 aromatic heterocycles. The van der Waals surface area contributed by atoms with Gasteiger partial charge in [-0.15, -0.1) is 8.78 Å². The minimum absolute atomic E-state index is 0.0590. The van der Waals surface area contributed by atoms with E-state index in [2.05, 4.69) is 19.5 Å². The number of carbonyl (C=O) groups excluding carboxylic acids is 1. The first-order valence-electron chi connectivity index (χ1n) is 14.2. The van der Waals surface area contributed by atoms with Crippen LogP contribution in [-0.4, -0.2) is 58.3 Å². The van der Waals surface area contributed by atoms with Gasteiger partial charge in [0.1, 0.15) is 11.9 Å². The number of sulfone groups is 1. The second kappa shape index (κ2) is 13.4. The molecule has 244 valence electrons. The zero-order valence-corrected chi connectivity index (χ0v) is 25.2. The third-order valence-electron chi connectivity index (χ3n) is 7.55. The number of fused-ring (bicyclic) bond motifs is 1. The summed E-state index contributed by atoms with van der Waals surface area (Å²) < 4.78 is 96.3. The third-order valence-corrected chi connectivity index (χ3v) is 9.30. The Labute approximate surface area is 262 Å². The Bertz CT molecular complexity index is 1700. The fourth-order valence-corrected chi connectivity index (χ4v) is 6.16. The van der Waals surface area contributed by atoms with E-state index in [1.165, 1.54) is 37.3 Å². The van der Waals surface area contributed by atoms with Crippen LogP contribution in [0, 0.1) is 11.3 Å². The van der Waals surface area contributed by atoms with Gasteiger partial charge in [-0.1, -0.05) is 19.1 Å². The van der Waals surface area contributed by atoms with Crippen molar-refractivity contribution in [3.8, 4) is 23.3 Å². The highest BCUT2D eigenvalue weighted by molar-refractivity contribution is 7.91. The Balaban J connectivity index is 1.27. The van der Waals surface area contributed by atoms with E-state index in [9.17, 15) is 36.0 Å². The van der Waals surface area contributed by atoms with Crippen molar-refractivity contribution < 1.29 is 49.7 Å². The van der Waals surface area contributed by atoms with Gasteiger partial charge in [-0.25, -0.2) is 8.42 Å². The zero-order valence-electron chi connectivity index (χ0n) is 24.4. The molecule has 2 heterocycles. The number of halogens is 4. The van der Waals surface area contributed by atoms with Gasteiger partial charge in [0.15, 0.2) is 21.3 Å². The van der Waals surface area contributed by atoms with Gasteiger partial charge >= 0.3 is 12.9 Å². The van der Waals surface area contributed by atoms with Gasteiger partial charge in [0, 0.05) is 23.7 Å². The number of hydrogen-bond acceptors (Lipinski definition) is 9. The molecule has 15 heteroatoms. The summed E-state index contributed by atoms with van der Waals surface area (Å²) in [5.41, 5.74) is 1.42. The minimum Gasteiger partial charge on any atom is -0.488 e. The minimum atomic E-state index is -3.78. The first-order valence-corrected chi connectivity index (χ1v) is 15.9. The Hall–Kier alpha value is -4.55. The number of anilines is 1. The predicted molar refractivity (Wildman–Crippen MR) is 156 cm³/mol. The maximum Gasteiger partial charge on any atom is 0.586 e. The lowest BCUT2D eigenvalue weighted by Gasteiger charge is -2.26. The Kier molecular flexibility index (Phi) is 9.59. The predicted octanol–water partition coefficient (Wildman–Crippen LogP) is 5.45. The molecular formula is C31H29F4N3O7S. The highest BCUT2D eigenvalue weighted by atomic mass is 32.2. The molecule has 1 saturated heterocycles. The lowest BCUT2D eigenvalue weighted by atomic mass is 10.0. The molecule has 3 aromatic carbocycles. The van der Waals surface area contributed by atoms with Gasteiger partial charge in [-0.2, -0.15) is 14.0 Å². The number of hydrogen-bond donors (Lipinski definition) is 1. The molecule has 5 rings (SSSR count). The van der Waals surface area contributed by atoms with Crippen molar-refractivity contribution in [1.29, 1.82) is 5.26 Å². The second-order valence-electron chi connectivity index (χ2n) is 10.6. The summed E-state index contributed by atoms with van der Waals surface area (Å²) in [5.74, 6) is -0.652. The van der Waals surface area contributed by atoms with Gasteiger partial charge in [0.2, 0.25) is 0 Å². The molecule has 2 aliphatic rings. The number of nitrogens with zero attached hydrogens (tertiary/aromatic N) is 2. The van der Waals surface area contributed by atoms with E-state index in [1.807, 2.05) is 6.07 Å². The highest BCUT2D eigenvalue weighted by Crippen LogP contribution is 2.43. The van der Waals surface area contributed by atoms with E-state index in [4.69, 9.17) is 4.74 Å². The van der Waals surface area contributed by atoms with Crippen molar-refractivity contribution in [2.45, 2.75) is 55.8 Å². The Morgan fingerprint density at radius 3 is 2.43 bits per heavy atom. The van der Waals surface area contributed by atoms with Gasteiger partial charge in [0.25, 0.3) is 5.91 Å². The summed E-state index contributed by atoms with van der Waals surface area (Å²) in [5, 5.41) is 12.1. The number of nitrogens with one attached hydrogen (secondary N) is 1. The van der Waals surface area contributed by atoms with E-state index in [-0.39, 0.29) is 59.5 Å². The molecule has 3 aromatic rings. The van der Waals surface area contributed by atoms with Crippen LogP contribution < -0.4 is 24.4 Å². The molecule has 0 unspecified atom stereocenters. The van der Waals surface area contributed by atoms with Crippen molar-refractivity contribution in [3.63, 3.8) is 0 Å². The van der Waals surface area contributed by atoms with E-state index in [0.717, 1.165) is 0 Å². The van der Waals surface area contributed by atoms with Crippen molar-refractivity contribution in [2.24, 2.45) is 0 Å². The molecule has 10 nitrogen and oxygen atoms in total. The first kappa shape index (κ1) is 32.8. The average Bonchev–Trinajstić information content (AvgIpc) is 3.58. The van der Waals surface area contributed by atoms with Crippen LogP contribution in [0.5, 0.6) is 17.2 Å². The molecule has 0 radical (unpaired) electrons. The van der Waals surface area contributed by atoms with Crippen LogP contribution in [0.25, 0.3) is 0 Å². The van der Waals surface area contributed by atoms with Crippen LogP contribution in [-0.2, 0) is 14.6 Å². The maximum absolute atomic E-state index is 13.4. The summed E-state index contributed by atoms with van der Waals surface area (Å²) in [4.78, 5) is 15.0. The van der Waals surface area contributed by atoms with Crippen LogP contribution in [0.2, 0.25) is 0 Å². The second-order valence-corrected chi connectivity index (χ2v) is 12.8. The fourth-order valence-electron chi connectivity index (χ4n) is 5.28. The molecule has 1 N–H and O–H groups in total. The smallest absolute Gasteiger partial charge is 0.488 e. The third kappa shape index (κ3) is 7.63. The van der Waals surface area contributed by atoms with Crippen LogP contribution in [0.1, 0.15) is 41.7 Å². The molecule has 0 spiro atoms. The number of amides is 1. The van der Waals surface area contributed by atoms with Crippen molar-refractivity contribution in [1.82, 2.24) is 5.32 Å². The van der Waals surface area contributed by atoms with Gasteiger partial charge < -0.3 is 29.2 Å². The first-order chi connectivity index (χ1) is 21.9. The van der Waals surface area contributed by atoms with E-state index in [0.29, 0.717) is 11.3 Å². The maximum atomic E-state index is 13.4. The number of carbonyl (C=O) groups is 1. The number of ether oxygens (including phenoxy) is 4. The average molecular weight is 664 g/mol. The Morgan fingerprint density at radius 1 is 1.09 bits per heavy atom. The normalized spacial score (nSPS) is 19.1. The zero-order chi connectivity index (χ0) is 33.1. The highest BCUT2D eigenvalue weighted by Gasteiger charge is 2.44. The largest absolute Gasteiger partial charge is 0.586 e. The number of benzene rings is 3. The summed E-state index contributed by atoms with van der Waals surface area (Å²) in [6, 6.07) is 17.1. The van der Waals surface area contributed by atoms with Crippen LogP contribution in [0.4, 0.5) is 23.2 Å². The molecule has 0 saturated carbocycles. The van der Waals surface area contributed by atoms with Crippen molar-refractivity contribution in [2.75, 3.05) is 23.8 Å². The molecule has 1 fully saturated rings. The quantitative estimate of drug-likeness (QED) is 0.252. The lowest BCUT2D eigenvalue weighted by molar-refractivity contribution is -0.286. The molecule has 0 bridgehead atoms. The van der Waals surface area contributed by atoms with Crippen molar-refractivity contribution in [3.05, 3.63) is 77.9 Å². The fraction of sp³-hybridized carbons (Fsp3) is 0.355. The number of rotatable bonds is 12. The van der Waals surface area contributed by atoms with Gasteiger partial charge in [0.05, 0.1) is 48.4 Å². The molecule has 0 aliphatic carbocycles. The van der Waals surface area contributed by atoms with Crippen LogP contribution in [0.15, 0.2) is 71.6 Å². The van der Waals surface area contributed by atoms with Crippen molar-refractivity contribution >= 4 is 21.4 Å². The monoisotopic (exact) mass is 663 g/mol. The number of nitriles is 1. The molecule has 3 atom stereocenters. The molecular weight excluding hydrogens is 634 g/mol. The summed E-state index contributed by atoms with van der Waals surface area (Å²) in [6.07, 6.45) is -4.10. The SMILES string of the molecule is CCS(=O)(=O)c1ccc([C@H](CC#N)NC(=O)c2ccc(N3C[C@@H](Oc4ccc5c(c4)OC(F)(F)O5)C[C@H]3COC(F)F)cc2)cc1. The lowest BCUT2D eigenvalue weighted by Crippen LogP contribution is -2.34. The van der Waals surface area contributed by atoms with Crippen LogP contribution in [0.3, 0.4) is 0 Å². The topological polar surface area (TPSA) is 127 Å². The number of alkyl halides is 4. The standard InChI is InChI=1S/C31H29F4N3O7S/c1-2-46(40,41)25-10-5-19(6-11-25)26(13-14-36)37-29(39)20-3-7-21(8-4-20)38-17-24(15-22(38)18-42-30(32)33)43-23-9-12-27-28(16-23)45-31(34,35)44-27/h3-12,16,22,24,26,30H,2,13,15,17-18H2,1H3,(H,37,39)/t22-,24-,26-/m0/s1. The molecule has 46 heavy (non-hydrogen) atoms. The van der Waals surface area contributed by atoms with E-state index >= 15 is 0 Å². The Morgan fingerprint density at radius 2 is 1.78 bits per heavy atom. The molecule has 1 amide bonds. The van der Waals surface area contributed by atoms with E-state index < -0.39 is 46.8 Å².